The number of hydrogen-bond acceptors (Lipinski definition) is 2. The predicted octanol–water partition coefficient (Wildman–Crippen LogP) is 9.15. The second-order valence-corrected chi connectivity index (χ2v) is 8.66. The number of para-hydroxylation sites is 2. The van der Waals surface area contributed by atoms with E-state index >= 15 is 0 Å². The van der Waals surface area contributed by atoms with Crippen LogP contribution in [-0.4, -0.2) is 11.4 Å². The van der Waals surface area contributed by atoms with Crippen LogP contribution in [0.2, 0.25) is 0 Å². The van der Waals surface area contributed by atoms with Crippen LogP contribution >= 0.6 is 0 Å². The van der Waals surface area contributed by atoms with Gasteiger partial charge in [-0.05, 0) is 60.8 Å². The molecule has 0 aliphatic heterocycles. The van der Waals surface area contributed by atoms with Crippen LogP contribution in [0.3, 0.4) is 0 Å². The van der Waals surface area contributed by atoms with E-state index in [4.69, 9.17) is 9.98 Å². The molecule has 0 N–H and O–H groups in total. The van der Waals surface area contributed by atoms with Crippen LogP contribution < -0.4 is 0 Å². The van der Waals surface area contributed by atoms with Gasteiger partial charge in [0.25, 0.3) is 0 Å². The quantitative estimate of drug-likeness (QED) is 0.209. The van der Waals surface area contributed by atoms with Gasteiger partial charge in [-0.3, -0.25) is 9.98 Å². The summed E-state index contributed by atoms with van der Waals surface area (Å²) >= 11 is 0. The molecule has 3 heteroatoms. The van der Waals surface area contributed by atoms with Gasteiger partial charge < -0.3 is 14.9 Å². The predicted molar refractivity (Wildman–Crippen MR) is 138 cm³/mol. The summed E-state index contributed by atoms with van der Waals surface area (Å²) in [5.74, 6) is 1.32. The van der Waals surface area contributed by atoms with Gasteiger partial charge in [-0.2, -0.15) is 0 Å². The molecule has 0 aromatic heterocycles. The average molecular weight is 513 g/mol. The maximum Gasteiger partial charge on any atom is 2.00 e. The van der Waals surface area contributed by atoms with E-state index in [2.05, 4.69) is 98.7 Å². The Morgan fingerprint density at radius 2 is 0.935 bits per heavy atom. The van der Waals surface area contributed by atoms with Gasteiger partial charge in [-0.25, -0.2) is 0 Å². The first-order chi connectivity index (χ1) is 13.1. The van der Waals surface area contributed by atoms with Gasteiger partial charge in [0.05, 0.1) is 22.8 Å². The van der Waals surface area contributed by atoms with Gasteiger partial charge in [-0.15, -0.1) is 0 Å². The van der Waals surface area contributed by atoms with Gasteiger partial charge in [0.1, 0.15) is 0 Å². The summed E-state index contributed by atoms with van der Waals surface area (Å²) in [7, 11) is 0. The van der Waals surface area contributed by atoms with Gasteiger partial charge in [0, 0.05) is 0 Å². The zero-order chi connectivity index (χ0) is 21.0. The molecule has 2 nitrogen and oxygen atoms in total. The molecule has 0 fully saturated rings. The second-order valence-electron chi connectivity index (χ2n) is 8.66. The summed E-state index contributed by atoms with van der Waals surface area (Å²) in [4.78, 5) is 10.1. The third-order valence-corrected chi connectivity index (χ3v) is 5.32. The standard InChI is InChI=1S/C26H36N2.2CH3.Pd/c1-16(2)22-13-10-12-19(7)25(22)27-20(8)21(9)28-26-23(17(3)4)14-11-15-24(26)18(5)6;;;/h10-18H,1-9H3;2*1H3;/q;2*-1;+2. The molecule has 0 spiro atoms. The number of nitrogens with zero attached hydrogens (tertiary/aromatic N) is 2. The van der Waals surface area contributed by atoms with Crippen LogP contribution in [0.4, 0.5) is 11.4 Å². The Bertz CT molecular complexity index is 864. The van der Waals surface area contributed by atoms with E-state index < -0.39 is 0 Å². The van der Waals surface area contributed by atoms with Crippen LogP contribution in [-0.2, 0) is 20.4 Å². The van der Waals surface area contributed by atoms with Crippen molar-refractivity contribution in [3.8, 4) is 0 Å². The monoisotopic (exact) mass is 512 g/mol. The number of benzene rings is 2. The molecular weight excluding hydrogens is 471 g/mol. The van der Waals surface area contributed by atoms with Gasteiger partial charge in [-0.1, -0.05) is 77.9 Å². The molecule has 0 saturated carbocycles. The maximum atomic E-state index is 5.09. The molecule has 0 saturated heterocycles. The summed E-state index contributed by atoms with van der Waals surface area (Å²) in [5, 5.41) is 0. The number of rotatable bonds is 6. The minimum Gasteiger partial charge on any atom is -0.358 e. The molecule has 0 bridgehead atoms. The van der Waals surface area contributed by atoms with Crippen molar-refractivity contribution in [2.75, 3.05) is 0 Å². The molecule has 31 heavy (non-hydrogen) atoms. The number of aliphatic imine (C=N–C) groups is 2. The zero-order valence-electron chi connectivity index (χ0n) is 21.4. The van der Waals surface area contributed by atoms with Crippen molar-refractivity contribution >= 4 is 22.8 Å². The SMILES string of the molecule is CC(=Nc1c(C)cccc1C(C)C)C(C)=Nc1c(C(C)C)cccc1C(C)C.[CH3-].[CH3-].[Pd+2]. The fraction of sp³-hybridized carbons (Fsp3) is 0.429. The average Bonchev–Trinajstić information content (AvgIpc) is 2.62. The maximum absolute atomic E-state index is 5.09. The molecule has 0 radical (unpaired) electrons. The molecule has 2 rings (SSSR count). The fourth-order valence-electron chi connectivity index (χ4n) is 3.44. The number of hydrogen-bond donors (Lipinski definition) is 0. The van der Waals surface area contributed by atoms with E-state index in [9.17, 15) is 0 Å². The fourth-order valence-corrected chi connectivity index (χ4v) is 3.44. The Kier molecular flexibility index (Phi) is 14.0. The molecule has 0 atom stereocenters. The Hall–Kier alpha value is -1.56. The molecule has 0 aliphatic carbocycles. The van der Waals surface area contributed by atoms with Crippen molar-refractivity contribution in [3.05, 3.63) is 73.5 Å². The van der Waals surface area contributed by atoms with Crippen LogP contribution in [0, 0.1) is 21.8 Å². The third kappa shape index (κ3) is 7.82. The largest absolute Gasteiger partial charge is 2.00 e. The molecule has 0 amide bonds. The van der Waals surface area contributed by atoms with E-state index in [-0.39, 0.29) is 35.3 Å². The first-order valence-electron chi connectivity index (χ1n) is 10.5. The van der Waals surface area contributed by atoms with Crippen LogP contribution in [0.1, 0.15) is 95.4 Å². The van der Waals surface area contributed by atoms with E-state index in [0.29, 0.717) is 17.8 Å². The molecule has 0 unspecified atom stereocenters. The Labute approximate surface area is 206 Å². The van der Waals surface area contributed by atoms with Crippen molar-refractivity contribution in [2.45, 2.75) is 80.1 Å². The summed E-state index contributed by atoms with van der Waals surface area (Å²) in [6, 6.07) is 13.0. The third-order valence-electron chi connectivity index (χ3n) is 5.32. The first-order valence-corrected chi connectivity index (χ1v) is 10.5. The summed E-state index contributed by atoms with van der Waals surface area (Å²) in [5.41, 5.74) is 9.27. The van der Waals surface area contributed by atoms with E-state index in [1.165, 1.54) is 22.3 Å². The summed E-state index contributed by atoms with van der Waals surface area (Å²) in [6.07, 6.45) is 0. The Morgan fingerprint density at radius 3 is 1.32 bits per heavy atom. The van der Waals surface area contributed by atoms with E-state index in [1.54, 1.807) is 0 Å². The van der Waals surface area contributed by atoms with Gasteiger partial charge in [0.2, 0.25) is 0 Å². The molecule has 0 heterocycles. The van der Waals surface area contributed by atoms with Crippen LogP contribution in [0.5, 0.6) is 0 Å². The smallest absolute Gasteiger partial charge is 0.358 e. The van der Waals surface area contributed by atoms with Crippen molar-refractivity contribution < 1.29 is 20.4 Å². The van der Waals surface area contributed by atoms with E-state index in [0.717, 1.165) is 22.8 Å². The van der Waals surface area contributed by atoms with Crippen molar-refractivity contribution in [3.63, 3.8) is 0 Å². The molecule has 2 aromatic rings. The Balaban J connectivity index is 0. The number of aryl methyl sites for hydroxylation is 1. The Morgan fingerprint density at radius 1 is 0.613 bits per heavy atom. The topological polar surface area (TPSA) is 24.7 Å². The van der Waals surface area contributed by atoms with Crippen molar-refractivity contribution in [2.24, 2.45) is 9.98 Å². The molecular formula is C28H42N2Pd. The van der Waals surface area contributed by atoms with E-state index in [1.807, 2.05) is 0 Å². The van der Waals surface area contributed by atoms with Crippen molar-refractivity contribution in [1.29, 1.82) is 0 Å². The van der Waals surface area contributed by atoms with Crippen LogP contribution in [0.15, 0.2) is 46.4 Å². The van der Waals surface area contributed by atoms with Gasteiger partial charge >= 0.3 is 20.4 Å². The molecule has 174 valence electrons. The van der Waals surface area contributed by atoms with Crippen molar-refractivity contribution in [1.82, 2.24) is 0 Å². The minimum absolute atomic E-state index is 0. The van der Waals surface area contributed by atoms with Gasteiger partial charge in [0.15, 0.2) is 0 Å². The zero-order valence-corrected chi connectivity index (χ0v) is 23.0. The second kappa shape index (κ2) is 13.8. The summed E-state index contributed by atoms with van der Waals surface area (Å²) in [6.45, 7) is 19.7. The molecule has 2 aromatic carbocycles. The summed E-state index contributed by atoms with van der Waals surface area (Å²) < 4.78 is 0. The minimum atomic E-state index is 0. The normalized spacial score (nSPS) is 11.9. The van der Waals surface area contributed by atoms with Crippen LogP contribution in [0.25, 0.3) is 0 Å². The molecule has 0 aliphatic rings. The first kappa shape index (κ1) is 31.6.